The zero-order chi connectivity index (χ0) is 19.8. The van der Waals surface area contributed by atoms with Crippen molar-refractivity contribution < 1.29 is 35.9 Å². The molecular formula is C17H22F6O2. The second-order valence-corrected chi connectivity index (χ2v) is 5.71. The molecule has 0 aliphatic heterocycles. The Morgan fingerprint density at radius 3 is 1.80 bits per heavy atom. The summed E-state index contributed by atoms with van der Waals surface area (Å²) < 4.78 is 73.0. The van der Waals surface area contributed by atoms with Crippen LogP contribution >= 0.6 is 0 Å². The van der Waals surface area contributed by atoms with Crippen LogP contribution in [0.5, 0.6) is 0 Å². The minimum Gasteiger partial charge on any atom is -0.466 e. The van der Waals surface area contributed by atoms with E-state index in [1.165, 1.54) is 12.1 Å². The van der Waals surface area contributed by atoms with Crippen LogP contribution in [0.4, 0.5) is 26.3 Å². The maximum Gasteiger partial charge on any atom is 0.397 e. The molecule has 1 aromatic rings. The fraction of sp³-hybridized carbons (Fsp3) is 0.588. The molecule has 0 aromatic heterocycles. The fourth-order valence-corrected chi connectivity index (χ4v) is 2.08. The molecule has 0 spiro atoms. The van der Waals surface area contributed by atoms with E-state index >= 15 is 0 Å². The molecule has 0 radical (unpaired) electrons. The number of hydrogen-bond donors (Lipinski definition) is 0. The summed E-state index contributed by atoms with van der Waals surface area (Å²) in [6, 6.07) is 6.03. The summed E-state index contributed by atoms with van der Waals surface area (Å²) in [4.78, 5) is 11.8. The number of ether oxygens (including phenoxy) is 1. The third-order valence-corrected chi connectivity index (χ3v) is 3.72. The predicted molar refractivity (Wildman–Crippen MR) is 82.3 cm³/mol. The number of alkyl halides is 6. The summed E-state index contributed by atoms with van der Waals surface area (Å²) >= 11 is 0. The van der Waals surface area contributed by atoms with Gasteiger partial charge in [0.25, 0.3) is 0 Å². The fourth-order valence-electron chi connectivity index (χ4n) is 2.08. The SMILES string of the molecule is CCOC(=O)C(CC)c1ccc(C(C)(C)C(F)(F)F)cc1.FC(F)F. The molecular weight excluding hydrogens is 350 g/mol. The van der Waals surface area contributed by atoms with Crippen LogP contribution in [0.25, 0.3) is 0 Å². The molecule has 8 heteroatoms. The first-order valence-corrected chi connectivity index (χ1v) is 7.64. The van der Waals surface area contributed by atoms with E-state index in [1.54, 1.807) is 19.1 Å². The molecule has 0 bridgehead atoms. The lowest BCUT2D eigenvalue weighted by Crippen LogP contribution is -2.36. The van der Waals surface area contributed by atoms with Crippen LogP contribution in [0.3, 0.4) is 0 Å². The summed E-state index contributed by atoms with van der Waals surface area (Å²) in [5.41, 5.74) is -1.06. The van der Waals surface area contributed by atoms with Gasteiger partial charge in [-0.15, -0.1) is 0 Å². The third kappa shape index (κ3) is 6.96. The molecule has 1 rings (SSSR count). The quantitative estimate of drug-likeness (QED) is 0.485. The highest BCUT2D eigenvalue weighted by Crippen LogP contribution is 2.40. The number of carbonyl (C=O) groups is 1. The number of carbonyl (C=O) groups excluding carboxylic acids is 1. The van der Waals surface area contributed by atoms with E-state index in [2.05, 4.69) is 0 Å². The average molecular weight is 372 g/mol. The van der Waals surface area contributed by atoms with E-state index in [1.807, 2.05) is 6.92 Å². The standard InChI is InChI=1S/C16H21F3O2.CHF3/c1-5-13(14(20)21-6-2)11-7-9-12(10-8-11)15(3,4)16(17,18)19;2-1(3)4/h7-10,13H,5-6H2,1-4H3;1H. The molecule has 0 heterocycles. The molecule has 0 aliphatic rings. The molecule has 0 fully saturated rings. The van der Waals surface area contributed by atoms with E-state index in [4.69, 9.17) is 4.74 Å². The average Bonchev–Trinajstić information content (AvgIpc) is 2.47. The van der Waals surface area contributed by atoms with Crippen molar-refractivity contribution in [2.75, 3.05) is 6.61 Å². The van der Waals surface area contributed by atoms with Gasteiger partial charge in [0.1, 0.15) is 0 Å². The Labute approximate surface area is 143 Å². The van der Waals surface area contributed by atoms with Crippen molar-refractivity contribution in [3.8, 4) is 0 Å². The Morgan fingerprint density at radius 2 is 1.48 bits per heavy atom. The van der Waals surface area contributed by atoms with Crippen molar-refractivity contribution in [3.05, 3.63) is 35.4 Å². The molecule has 0 saturated heterocycles. The van der Waals surface area contributed by atoms with Gasteiger partial charge in [-0.3, -0.25) is 4.79 Å². The Hall–Kier alpha value is -1.73. The van der Waals surface area contributed by atoms with Crippen molar-refractivity contribution in [1.29, 1.82) is 0 Å². The Bertz CT molecular complexity index is 520. The number of halogens is 6. The summed E-state index contributed by atoms with van der Waals surface area (Å²) in [6.45, 7) is 2.47. The van der Waals surface area contributed by atoms with E-state index in [0.29, 0.717) is 12.0 Å². The predicted octanol–water partition coefficient (Wildman–Crippen LogP) is 5.76. The zero-order valence-corrected chi connectivity index (χ0v) is 14.5. The normalized spacial score (nSPS) is 13.1. The molecule has 0 saturated carbocycles. The topological polar surface area (TPSA) is 26.3 Å². The van der Waals surface area contributed by atoms with Gasteiger partial charge in [-0.05, 0) is 38.3 Å². The number of rotatable bonds is 5. The van der Waals surface area contributed by atoms with Gasteiger partial charge in [-0.25, -0.2) is 0 Å². The molecule has 2 nitrogen and oxygen atoms in total. The summed E-state index contributed by atoms with van der Waals surface area (Å²) in [5, 5.41) is 0. The number of benzene rings is 1. The highest BCUT2D eigenvalue weighted by molar-refractivity contribution is 5.78. The molecule has 1 unspecified atom stereocenters. The summed E-state index contributed by atoms with van der Waals surface area (Å²) in [5.74, 6) is -0.782. The maximum atomic E-state index is 13.0. The number of hydrogen-bond acceptors (Lipinski definition) is 2. The van der Waals surface area contributed by atoms with Crippen LogP contribution in [-0.4, -0.2) is 25.4 Å². The summed E-state index contributed by atoms with van der Waals surface area (Å²) in [6.07, 6.45) is -3.78. The molecule has 0 amide bonds. The monoisotopic (exact) mass is 372 g/mol. The van der Waals surface area contributed by atoms with Crippen LogP contribution in [0, 0.1) is 0 Å². The van der Waals surface area contributed by atoms with Crippen molar-refractivity contribution in [1.82, 2.24) is 0 Å². The van der Waals surface area contributed by atoms with Crippen molar-refractivity contribution in [2.24, 2.45) is 0 Å². The van der Waals surface area contributed by atoms with Gasteiger partial charge in [0, 0.05) is 0 Å². The first kappa shape index (κ1) is 23.3. The molecule has 0 N–H and O–H groups in total. The number of esters is 1. The third-order valence-electron chi connectivity index (χ3n) is 3.72. The van der Waals surface area contributed by atoms with Crippen LogP contribution in [0.15, 0.2) is 24.3 Å². The minimum atomic E-state index is -4.32. The van der Waals surface area contributed by atoms with Gasteiger partial charge < -0.3 is 4.74 Å². The van der Waals surface area contributed by atoms with E-state index in [-0.39, 0.29) is 18.1 Å². The first-order valence-electron chi connectivity index (χ1n) is 7.64. The van der Waals surface area contributed by atoms with Gasteiger partial charge >= 0.3 is 18.8 Å². The smallest absolute Gasteiger partial charge is 0.397 e. The molecule has 0 aliphatic carbocycles. The van der Waals surface area contributed by atoms with Crippen LogP contribution in [-0.2, 0) is 14.9 Å². The maximum absolute atomic E-state index is 13.0. The Balaban J connectivity index is 0.00000129. The Morgan fingerprint density at radius 1 is 1.04 bits per heavy atom. The van der Waals surface area contributed by atoms with Gasteiger partial charge in [-0.1, -0.05) is 31.2 Å². The lowest BCUT2D eigenvalue weighted by molar-refractivity contribution is -0.180. The lowest BCUT2D eigenvalue weighted by atomic mass is 9.82. The van der Waals surface area contributed by atoms with Gasteiger partial charge in [0.05, 0.1) is 17.9 Å². The molecule has 25 heavy (non-hydrogen) atoms. The second-order valence-electron chi connectivity index (χ2n) is 5.71. The van der Waals surface area contributed by atoms with Crippen LogP contribution < -0.4 is 0 Å². The first-order chi connectivity index (χ1) is 11.4. The van der Waals surface area contributed by atoms with Gasteiger partial charge in [0.2, 0.25) is 0 Å². The second kappa shape index (κ2) is 9.68. The lowest BCUT2D eigenvalue weighted by Gasteiger charge is -2.28. The minimum absolute atomic E-state index is 0.178. The van der Waals surface area contributed by atoms with E-state index in [9.17, 15) is 31.1 Å². The van der Waals surface area contributed by atoms with Crippen LogP contribution in [0.2, 0.25) is 0 Å². The molecule has 1 aromatic carbocycles. The van der Waals surface area contributed by atoms with Gasteiger partial charge in [-0.2, -0.15) is 26.3 Å². The van der Waals surface area contributed by atoms with Crippen molar-refractivity contribution >= 4 is 5.97 Å². The highest BCUT2D eigenvalue weighted by Gasteiger charge is 2.48. The van der Waals surface area contributed by atoms with E-state index < -0.39 is 24.2 Å². The van der Waals surface area contributed by atoms with E-state index in [0.717, 1.165) is 13.8 Å². The Kier molecular flexibility index (Phi) is 9.01. The van der Waals surface area contributed by atoms with Gasteiger partial charge in [0.15, 0.2) is 0 Å². The van der Waals surface area contributed by atoms with Crippen molar-refractivity contribution in [3.63, 3.8) is 0 Å². The summed E-state index contributed by atoms with van der Waals surface area (Å²) in [7, 11) is 0. The van der Waals surface area contributed by atoms with Crippen LogP contribution in [0.1, 0.15) is 51.2 Å². The zero-order valence-electron chi connectivity index (χ0n) is 14.5. The largest absolute Gasteiger partial charge is 0.466 e. The molecule has 144 valence electrons. The van der Waals surface area contributed by atoms with Crippen molar-refractivity contribution in [2.45, 2.75) is 58.3 Å². The highest BCUT2D eigenvalue weighted by atomic mass is 19.4. The molecule has 1 atom stereocenters.